The van der Waals surface area contributed by atoms with Crippen molar-refractivity contribution in [3.05, 3.63) is 0 Å². The fraction of sp³-hybridized carbons (Fsp3) is 1.00. The van der Waals surface area contributed by atoms with Crippen molar-refractivity contribution >= 4 is 11.9 Å². The van der Waals surface area contributed by atoms with E-state index in [1.807, 2.05) is 0 Å². The van der Waals surface area contributed by atoms with Gasteiger partial charge in [-0.25, -0.2) is 0 Å². The van der Waals surface area contributed by atoms with Gasteiger partial charge in [-0.2, -0.15) is 13.2 Å². The number of halogens is 3. The lowest BCUT2D eigenvalue weighted by Crippen LogP contribution is -2.36. The van der Waals surface area contributed by atoms with Crippen LogP contribution in [0.15, 0.2) is 0 Å². The van der Waals surface area contributed by atoms with Gasteiger partial charge in [-0.1, -0.05) is 0 Å². The predicted molar refractivity (Wildman–Crippen MR) is 57.6 cm³/mol. The molecular formula is C11H16F3NS. The van der Waals surface area contributed by atoms with Crippen molar-refractivity contribution in [3.63, 3.8) is 0 Å². The first kappa shape index (κ1) is 11.2. The molecule has 0 amide bonds. The molecule has 0 spiro atoms. The molecule has 4 fully saturated rings. The highest BCUT2D eigenvalue weighted by atomic mass is 32.2. The highest BCUT2D eigenvalue weighted by Gasteiger charge is 2.55. The molecule has 4 bridgehead atoms. The lowest BCUT2D eigenvalue weighted by Gasteiger charge is -2.38. The van der Waals surface area contributed by atoms with Crippen LogP contribution in [0.25, 0.3) is 0 Å². The minimum atomic E-state index is -4.15. The van der Waals surface area contributed by atoms with Gasteiger partial charge < -0.3 is 0 Å². The number of hydrogen-bond acceptors (Lipinski definition) is 2. The van der Waals surface area contributed by atoms with E-state index in [2.05, 4.69) is 4.72 Å². The van der Waals surface area contributed by atoms with Crippen LogP contribution in [0.4, 0.5) is 13.2 Å². The Morgan fingerprint density at radius 3 is 2.25 bits per heavy atom. The van der Waals surface area contributed by atoms with Crippen molar-refractivity contribution in [2.45, 2.75) is 37.6 Å². The summed E-state index contributed by atoms with van der Waals surface area (Å²) >= 11 is -0.0743. The number of hydrogen-bond donors (Lipinski definition) is 1. The molecule has 2 unspecified atom stereocenters. The summed E-state index contributed by atoms with van der Waals surface area (Å²) in [4.78, 5) is 0. The lowest BCUT2D eigenvalue weighted by molar-refractivity contribution is -0.0338. The Labute approximate surface area is 97.7 Å². The molecule has 0 aliphatic heterocycles. The summed E-state index contributed by atoms with van der Waals surface area (Å²) in [7, 11) is 0. The second-order valence-electron chi connectivity index (χ2n) is 5.84. The van der Waals surface area contributed by atoms with Gasteiger partial charge in [0.05, 0.1) is 0 Å². The quantitative estimate of drug-likeness (QED) is 0.770. The van der Waals surface area contributed by atoms with Crippen molar-refractivity contribution in [2.75, 3.05) is 6.54 Å². The van der Waals surface area contributed by atoms with Crippen LogP contribution in [-0.4, -0.2) is 12.1 Å². The molecule has 1 nitrogen and oxygen atoms in total. The molecule has 1 N–H and O–H groups in total. The highest BCUT2D eigenvalue weighted by Crippen LogP contribution is 2.64. The van der Waals surface area contributed by atoms with Crippen molar-refractivity contribution in [1.29, 1.82) is 0 Å². The number of rotatable bonds is 3. The summed E-state index contributed by atoms with van der Waals surface area (Å²) in [6.07, 6.45) is 6.18. The van der Waals surface area contributed by atoms with E-state index < -0.39 is 5.51 Å². The second-order valence-corrected chi connectivity index (χ2v) is 6.79. The fourth-order valence-corrected chi connectivity index (χ4v) is 5.01. The Balaban J connectivity index is 1.56. The number of nitrogens with one attached hydrogen (secondary N) is 1. The van der Waals surface area contributed by atoms with E-state index in [1.54, 1.807) is 0 Å². The molecule has 4 rings (SSSR count). The van der Waals surface area contributed by atoms with Crippen LogP contribution in [0, 0.1) is 23.2 Å². The van der Waals surface area contributed by atoms with Gasteiger partial charge in [0.1, 0.15) is 0 Å². The molecule has 2 atom stereocenters. The van der Waals surface area contributed by atoms with Gasteiger partial charge in [-0.05, 0) is 55.3 Å². The molecule has 0 saturated heterocycles. The van der Waals surface area contributed by atoms with E-state index in [0.29, 0.717) is 6.54 Å². The molecule has 4 aliphatic rings. The van der Waals surface area contributed by atoms with E-state index in [1.165, 1.54) is 25.7 Å². The highest BCUT2D eigenvalue weighted by molar-refractivity contribution is 7.98. The molecule has 4 aliphatic carbocycles. The molecular weight excluding hydrogens is 235 g/mol. The average Bonchev–Trinajstić information content (AvgIpc) is 2.51. The molecule has 0 aromatic rings. The van der Waals surface area contributed by atoms with Gasteiger partial charge in [0.15, 0.2) is 0 Å². The Morgan fingerprint density at radius 1 is 1.12 bits per heavy atom. The summed E-state index contributed by atoms with van der Waals surface area (Å²) in [5.41, 5.74) is -3.94. The maximum atomic E-state index is 12.0. The molecule has 16 heavy (non-hydrogen) atoms. The normalized spacial score (nSPS) is 45.6. The summed E-state index contributed by atoms with van der Waals surface area (Å²) in [5.74, 6) is 2.48. The van der Waals surface area contributed by atoms with Crippen LogP contribution in [0.2, 0.25) is 0 Å². The van der Waals surface area contributed by atoms with Gasteiger partial charge in [0.2, 0.25) is 0 Å². The van der Waals surface area contributed by atoms with Crippen LogP contribution in [0.1, 0.15) is 32.1 Å². The third-order valence-corrected chi connectivity index (χ3v) is 5.21. The first-order valence-electron chi connectivity index (χ1n) is 5.93. The first-order valence-corrected chi connectivity index (χ1v) is 6.75. The third kappa shape index (κ3) is 1.96. The molecule has 0 radical (unpaired) electrons. The average molecular weight is 251 g/mol. The van der Waals surface area contributed by atoms with E-state index in [0.717, 1.165) is 24.2 Å². The van der Waals surface area contributed by atoms with Crippen LogP contribution < -0.4 is 4.72 Å². The van der Waals surface area contributed by atoms with Gasteiger partial charge in [-0.15, -0.1) is 0 Å². The first-order chi connectivity index (χ1) is 7.46. The Kier molecular flexibility index (Phi) is 2.48. The van der Waals surface area contributed by atoms with Crippen molar-refractivity contribution in [2.24, 2.45) is 23.2 Å². The standard InChI is InChI=1S/C11H16F3NS/c12-11(13,14)16-15-6-10-3-7-1-8(4-10)9(2-7)5-10/h7-9,15H,1-6H2. The minimum absolute atomic E-state index is 0.0743. The van der Waals surface area contributed by atoms with E-state index in [9.17, 15) is 13.2 Å². The minimum Gasteiger partial charge on any atom is -0.256 e. The SMILES string of the molecule is FC(F)(F)SNCC12CC3CC(C1)C(C3)C2. The van der Waals surface area contributed by atoms with Crippen molar-refractivity contribution in [1.82, 2.24) is 4.72 Å². The van der Waals surface area contributed by atoms with Crippen molar-refractivity contribution in [3.8, 4) is 0 Å². The fourth-order valence-electron chi connectivity index (χ4n) is 4.47. The van der Waals surface area contributed by atoms with Gasteiger partial charge >= 0.3 is 5.51 Å². The van der Waals surface area contributed by atoms with Crippen LogP contribution in [-0.2, 0) is 0 Å². The predicted octanol–water partition coefficient (Wildman–Crippen LogP) is 3.57. The largest absolute Gasteiger partial charge is 0.456 e. The van der Waals surface area contributed by atoms with Crippen LogP contribution in [0.5, 0.6) is 0 Å². The molecule has 92 valence electrons. The van der Waals surface area contributed by atoms with Gasteiger partial charge in [0.25, 0.3) is 0 Å². The van der Waals surface area contributed by atoms with Gasteiger partial charge in [0, 0.05) is 18.5 Å². The third-order valence-electron chi connectivity index (χ3n) is 4.69. The van der Waals surface area contributed by atoms with E-state index >= 15 is 0 Å². The monoisotopic (exact) mass is 251 g/mol. The van der Waals surface area contributed by atoms with E-state index in [4.69, 9.17) is 0 Å². The van der Waals surface area contributed by atoms with E-state index in [-0.39, 0.29) is 17.4 Å². The topological polar surface area (TPSA) is 12.0 Å². The Bertz CT molecular complexity index is 272. The summed E-state index contributed by atoms with van der Waals surface area (Å²) in [5, 5.41) is 0. The molecule has 4 saturated carbocycles. The van der Waals surface area contributed by atoms with Gasteiger partial charge in [-0.3, -0.25) is 4.72 Å². The zero-order valence-electron chi connectivity index (χ0n) is 9.02. The summed E-state index contributed by atoms with van der Waals surface area (Å²) in [6.45, 7) is 0.542. The Morgan fingerprint density at radius 2 is 1.75 bits per heavy atom. The van der Waals surface area contributed by atoms with Crippen molar-refractivity contribution < 1.29 is 13.2 Å². The lowest BCUT2D eigenvalue weighted by atomic mass is 9.70. The van der Waals surface area contributed by atoms with Crippen LogP contribution in [0.3, 0.4) is 0 Å². The summed E-state index contributed by atoms with van der Waals surface area (Å²) in [6, 6.07) is 0. The molecule has 0 aromatic carbocycles. The smallest absolute Gasteiger partial charge is 0.256 e. The van der Waals surface area contributed by atoms with Crippen LogP contribution >= 0.6 is 11.9 Å². The molecule has 0 aromatic heterocycles. The zero-order valence-corrected chi connectivity index (χ0v) is 9.83. The molecule has 0 heterocycles. The summed E-state index contributed by atoms with van der Waals surface area (Å²) < 4.78 is 38.7. The number of alkyl halides is 3. The Hall–Kier alpha value is 0.1000. The second kappa shape index (κ2) is 3.55. The maximum absolute atomic E-state index is 12.0. The maximum Gasteiger partial charge on any atom is 0.456 e. The molecule has 5 heteroatoms. The zero-order chi connectivity index (χ0) is 11.4.